The van der Waals surface area contributed by atoms with Gasteiger partial charge < -0.3 is 10.5 Å². The van der Waals surface area contributed by atoms with Crippen LogP contribution in [0.2, 0.25) is 0 Å². The molecule has 0 atom stereocenters. The molecule has 8 nitrogen and oxygen atoms in total. The Bertz CT molecular complexity index is 637. The fourth-order valence-corrected chi connectivity index (χ4v) is 1.64. The quantitative estimate of drug-likeness (QED) is 0.856. The number of nitrogen functional groups attached to an aromatic ring is 1. The number of aryl methyl sites for hydroxylation is 2. The molecule has 0 spiro atoms. The number of aromatic nitrogens is 4. The number of nitrogens with two attached hydrogens (primary N) is 1. The Balaban J connectivity index is 2.22. The van der Waals surface area contributed by atoms with Gasteiger partial charge in [-0.25, -0.2) is 4.98 Å². The molecule has 0 aliphatic heterocycles. The van der Waals surface area contributed by atoms with Gasteiger partial charge in [-0.15, -0.1) is 0 Å². The van der Waals surface area contributed by atoms with Crippen LogP contribution in [0.1, 0.15) is 23.1 Å². The number of carbonyl (C=O) groups is 1. The monoisotopic (exact) mass is 276 g/mol. The van der Waals surface area contributed by atoms with E-state index >= 15 is 0 Å². The van der Waals surface area contributed by atoms with Crippen LogP contribution < -0.4 is 15.8 Å². The van der Waals surface area contributed by atoms with E-state index in [1.54, 1.807) is 23.9 Å². The average molecular weight is 276 g/mol. The van der Waals surface area contributed by atoms with Crippen molar-refractivity contribution >= 4 is 17.5 Å². The van der Waals surface area contributed by atoms with Crippen LogP contribution >= 0.6 is 0 Å². The standard InChI is InChI=1S/C12H16N6O2/c1-4-18-6-8(13)10(17-18)11(19)16-12-14-7(2)5-9(15-12)20-3/h5-6H,4,13H2,1-3H3,(H,14,15,16,19). The molecule has 0 saturated carbocycles. The fraction of sp³-hybridized carbons (Fsp3) is 0.333. The van der Waals surface area contributed by atoms with Crippen LogP contribution in [0.3, 0.4) is 0 Å². The summed E-state index contributed by atoms with van der Waals surface area (Å²) >= 11 is 0. The van der Waals surface area contributed by atoms with Gasteiger partial charge >= 0.3 is 0 Å². The van der Waals surface area contributed by atoms with Gasteiger partial charge in [0.05, 0.1) is 12.8 Å². The van der Waals surface area contributed by atoms with Crippen molar-refractivity contribution in [3.05, 3.63) is 23.7 Å². The second kappa shape index (κ2) is 5.55. The molecule has 2 aromatic rings. The number of nitrogens with zero attached hydrogens (tertiary/aromatic N) is 4. The topological polar surface area (TPSA) is 108 Å². The van der Waals surface area contributed by atoms with E-state index in [1.165, 1.54) is 7.11 Å². The lowest BCUT2D eigenvalue weighted by Crippen LogP contribution is -2.17. The van der Waals surface area contributed by atoms with Crippen molar-refractivity contribution in [1.29, 1.82) is 0 Å². The fourth-order valence-electron chi connectivity index (χ4n) is 1.64. The van der Waals surface area contributed by atoms with E-state index in [2.05, 4.69) is 20.4 Å². The molecule has 2 heterocycles. The molecule has 3 N–H and O–H groups in total. The third kappa shape index (κ3) is 2.85. The molecule has 0 unspecified atom stereocenters. The van der Waals surface area contributed by atoms with Gasteiger partial charge in [0.25, 0.3) is 5.91 Å². The number of methoxy groups -OCH3 is 1. The molecule has 0 aromatic carbocycles. The van der Waals surface area contributed by atoms with E-state index in [9.17, 15) is 4.79 Å². The van der Waals surface area contributed by atoms with Crippen molar-refractivity contribution in [3.63, 3.8) is 0 Å². The minimum Gasteiger partial charge on any atom is -0.481 e. The molecule has 0 fully saturated rings. The Labute approximate surface area is 116 Å². The van der Waals surface area contributed by atoms with Gasteiger partial charge in [-0.2, -0.15) is 10.1 Å². The first kappa shape index (κ1) is 13.8. The predicted molar refractivity (Wildman–Crippen MR) is 73.6 cm³/mol. The summed E-state index contributed by atoms with van der Waals surface area (Å²) in [7, 11) is 1.49. The highest BCUT2D eigenvalue weighted by molar-refractivity contribution is 6.05. The normalized spacial score (nSPS) is 10.3. The average Bonchev–Trinajstić information content (AvgIpc) is 2.79. The van der Waals surface area contributed by atoms with Crippen molar-refractivity contribution in [3.8, 4) is 5.88 Å². The smallest absolute Gasteiger partial charge is 0.280 e. The number of hydrogen-bond donors (Lipinski definition) is 2. The Hall–Kier alpha value is -2.64. The third-order valence-electron chi connectivity index (χ3n) is 2.59. The molecular weight excluding hydrogens is 260 g/mol. The van der Waals surface area contributed by atoms with Crippen molar-refractivity contribution in [2.75, 3.05) is 18.2 Å². The van der Waals surface area contributed by atoms with Crippen LogP contribution in [-0.4, -0.2) is 32.8 Å². The van der Waals surface area contributed by atoms with Crippen molar-refractivity contribution in [1.82, 2.24) is 19.7 Å². The molecule has 1 amide bonds. The molecule has 0 aliphatic carbocycles. The maximum atomic E-state index is 12.1. The molecule has 2 aromatic heterocycles. The molecule has 0 saturated heterocycles. The number of ether oxygens (including phenoxy) is 1. The van der Waals surface area contributed by atoms with Crippen LogP contribution in [0.15, 0.2) is 12.3 Å². The second-order valence-electron chi connectivity index (χ2n) is 4.12. The SMILES string of the molecule is CCn1cc(N)c(C(=O)Nc2nc(C)cc(OC)n2)n1. The molecule has 0 bridgehead atoms. The number of anilines is 2. The van der Waals surface area contributed by atoms with E-state index in [4.69, 9.17) is 10.5 Å². The molecule has 0 aliphatic rings. The highest BCUT2D eigenvalue weighted by Crippen LogP contribution is 2.14. The summed E-state index contributed by atoms with van der Waals surface area (Å²) in [6.45, 7) is 4.31. The number of carbonyl (C=O) groups excluding carboxylic acids is 1. The molecule has 0 radical (unpaired) electrons. The number of hydrogen-bond acceptors (Lipinski definition) is 6. The van der Waals surface area contributed by atoms with Crippen LogP contribution in [0, 0.1) is 6.92 Å². The first-order valence-corrected chi connectivity index (χ1v) is 6.07. The molecule has 8 heteroatoms. The summed E-state index contributed by atoms with van der Waals surface area (Å²) < 4.78 is 6.61. The summed E-state index contributed by atoms with van der Waals surface area (Å²) in [6.07, 6.45) is 1.60. The zero-order chi connectivity index (χ0) is 14.7. The lowest BCUT2D eigenvalue weighted by atomic mass is 10.3. The Morgan fingerprint density at radius 2 is 2.25 bits per heavy atom. The maximum Gasteiger partial charge on any atom is 0.280 e. The van der Waals surface area contributed by atoms with Gasteiger partial charge in [0.1, 0.15) is 0 Å². The van der Waals surface area contributed by atoms with Gasteiger partial charge in [0, 0.05) is 24.5 Å². The number of amides is 1. The van der Waals surface area contributed by atoms with Gasteiger partial charge in [0.2, 0.25) is 11.8 Å². The first-order chi connectivity index (χ1) is 9.53. The molecular formula is C12H16N6O2. The minimum atomic E-state index is -0.456. The summed E-state index contributed by atoms with van der Waals surface area (Å²) in [4.78, 5) is 20.2. The van der Waals surface area contributed by atoms with Crippen molar-refractivity contribution in [2.45, 2.75) is 20.4 Å². The Kier molecular flexibility index (Phi) is 3.83. The van der Waals surface area contributed by atoms with Crippen LogP contribution in [0.25, 0.3) is 0 Å². The second-order valence-corrected chi connectivity index (χ2v) is 4.12. The molecule has 106 valence electrons. The van der Waals surface area contributed by atoms with Gasteiger partial charge in [-0.1, -0.05) is 0 Å². The van der Waals surface area contributed by atoms with Crippen LogP contribution in [0.4, 0.5) is 11.6 Å². The maximum absolute atomic E-state index is 12.1. The number of nitrogens with one attached hydrogen (secondary N) is 1. The van der Waals surface area contributed by atoms with Gasteiger partial charge in [-0.05, 0) is 13.8 Å². The minimum absolute atomic E-state index is 0.149. The predicted octanol–water partition coefficient (Wildman–Crippen LogP) is 0.845. The van der Waals surface area contributed by atoms with E-state index in [-0.39, 0.29) is 11.6 Å². The van der Waals surface area contributed by atoms with E-state index < -0.39 is 5.91 Å². The summed E-state index contributed by atoms with van der Waals surface area (Å²) in [5.41, 5.74) is 6.89. The number of rotatable bonds is 4. The summed E-state index contributed by atoms with van der Waals surface area (Å²) in [5, 5.41) is 6.64. The van der Waals surface area contributed by atoms with Crippen molar-refractivity contribution < 1.29 is 9.53 Å². The van der Waals surface area contributed by atoms with Gasteiger partial charge in [0.15, 0.2) is 5.69 Å². The largest absolute Gasteiger partial charge is 0.481 e. The van der Waals surface area contributed by atoms with E-state index in [0.29, 0.717) is 23.8 Å². The molecule has 20 heavy (non-hydrogen) atoms. The Morgan fingerprint density at radius 1 is 1.50 bits per heavy atom. The highest BCUT2D eigenvalue weighted by atomic mass is 16.5. The Morgan fingerprint density at radius 3 is 2.85 bits per heavy atom. The van der Waals surface area contributed by atoms with E-state index in [0.717, 1.165) is 0 Å². The zero-order valence-electron chi connectivity index (χ0n) is 11.5. The van der Waals surface area contributed by atoms with Crippen molar-refractivity contribution in [2.24, 2.45) is 0 Å². The molecule has 2 rings (SSSR count). The third-order valence-corrected chi connectivity index (χ3v) is 2.59. The van der Waals surface area contributed by atoms with E-state index in [1.807, 2.05) is 6.92 Å². The first-order valence-electron chi connectivity index (χ1n) is 6.07. The highest BCUT2D eigenvalue weighted by Gasteiger charge is 2.16. The lowest BCUT2D eigenvalue weighted by molar-refractivity contribution is 0.102. The summed E-state index contributed by atoms with van der Waals surface area (Å²) in [5.74, 6) is 0.0690. The van der Waals surface area contributed by atoms with Gasteiger partial charge in [-0.3, -0.25) is 14.8 Å². The summed E-state index contributed by atoms with van der Waals surface area (Å²) in [6, 6.07) is 1.66. The lowest BCUT2D eigenvalue weighted by Gasteiger charge is -2.05. The van der Waals surface area contributed by atoms with Crippen LogP contribution in [0.5, 0.6) is 5.88 Å². The van der Waals surface area contributed by atoms with Crippen LogP contribution in [-0.2, 0) is 6.54 Å². The zero-order valence-corrected chi connectivity index (χ0v) is 11.5.